The molecule has 1 atom stereocenters. The fourth-order valence-corrected chi connectivity index (χ4v) is 4.12. The second kappa shape index (κ2) is 8.97. The van der Waals surface area contributed by atoms with Gasteiger partial charge in [-0.15, -0.1) is 0 Å². The van der Waals surface area contributed by atoms with Gasteiger partial charge in [0.1, 0.15) is 6.04 Å². The summed E-state index contributed by atoms with van der Waals surface area (Å²) in [5.74, 6) is -1.80. The second-order valence-corrected chi connectivity index (χ2v) is 14.3. The van der Waals surface area contributed by atoms with Crippen LogP contribution in [-0.4, -0.2) is 48.7 Å². The lowest BCUT2D eigenvalue weighted by molar-refractivity contribution is -0.121. The van der Waals surface area contributed by atoms with Crippen LogP contribution < -0.4 is 5.32 Å². The minimum atomic E-state index is -1.87. The molecule has 1 aliphatic heterocycles. The number of hydrogen-bond acceptors (Lipinski definition) is 5. The van der Waals surface area contributed by atoms with Gasteiger partial charge in [-0.05, 0) is 48.0 Å². The second-order valence-electron chi connectivity index (χ2n) is 9.46. The third kappa shape index (κ3) is 4.67. The van der Waals surface area contributed by atoms with Crippen LogP contribution in [0.4, 0.5) is 5.69 Å². The molecule has 2 aromatic carbocycles. The first-order valence-electron chi connectivity index (χ1n) is 10.6. The fourth-order valence-electron chi connectivity index (χ4n) is 3.16. The van der Waals surface area contributed by atoms with Crippen molar-refractivity contribution in [2.24, 2.45) is 0 Å². The number of carbonyl (C=O) groups excluding carboxylic acids is 3. The molecule has 0 unspecified atom stereocenters. The normalized spacial score (nSPS) is 15.0. The number of hydrogen-bond donors (Lipinski definition) is 2. The van der Waals surface area contributed by atoms with Gasteiger partial charge in [0.25, 0.3) is 11.8 Å². The quantitative estimate of drug-likeness (QED) is 0.490. The number of carbonyl (C=O) groups is 3. The monoisotopic (exact) mass is 454 g/mol. The van der Waals surface area contributed by atoms with Gasteiger partial charge in [0.2, 0.25) is 5.91 Å². The summed E-state index contributed by atoms with van der Waals surface area (Å²) in [5.41, 5.74) is 1.94. The van der Waals surface area contributed by atoms with Crippen LogP contribution in [0.2, 0.25) is 18.1 Å². The van der Waals surface area contributed by atoms with E-state index in [1.54, 1.807) is 24.3 Å². The number of aliphatic hydroxyl groups is 1. The minimum absolute atomic E-state index is 0.115. The summed E-state index contributed by atoms with van der Waals surface area (Å²) < 4.78 is 6.22. The van der Waals surface area contributed by atoms with Crippen molar-refractivity contribution < 1.29 is 23.9 Å². The lowest BCUT2D eigenvalue weighted by Crippen LogP contribution is -2.49. The molecule has 1 heterocycles. The zero-order valence-electron chi connectivity index (χ0n) is 19.1. The predicted octanol–water partition coefficient (Wildman–Crippen LogP) is 3.80. The number of nitrogens with zero attached hydrogens (tertiary/aromatic N) is 1. The maximum absolute atomic E-state index is 12.8. The number of aliphatic hydroxyl groups excluding tert-OH is 1. The first-order valence-corrected chi connectivity index (χ1v) is 13.5. The highest BCUT2D eigenvalue weighted by Crippen LogP contribution is 2.37. The number of nitrogens with one attached hydrogen (secondary N) is 1. The smallest absolute Gasteiger partial charge is 0.262 e. The van der Waals surface area contributed by atoms with Crippen LogP contribution in [0.15, 0.2) is 48.5 Å². The van der Waals surface area contributed by atoms with Crippen LogP contribution in [0, 0.1) is 0 Å². The van der Waals surface area contributed by atoms with Crippen LogP contribution in [-0.2, 0) is 15.8 Å². The SMILES string of the molecule is CC(C)(C)[Si](C)(C)OCc1ccc(NC(=O)[C@H](CO)N2C(=O)c3ccccc3C2=O)cc1. The van der Waals surface area contributed by atoms with Crippen LogP contribution in [0.3, 0.4) is 0 Å². The van der Waals surface area contributed by atoms with E-state index in [4.69, 9.17) is 4.43 Å². The van der Waals surface area contributed by atoms with Crippen molar-refractivity contribution in [3.8, 4) is 0 Å². The van der Waals surface area contributed by atoms with E-state index in [0.29, 0.717) is 12.3 Å². The minimum Gasteiger partial charge on any atom is -0.413 e. The average Bonchev–Trinajstić information content (AvgIpc) is 2.99. The fraction of sp³-hybridized carbons (Fsp3) is 0.375. The van der Waals surface area contributed by atoms with Crippen molar-refractivity contribution in [2.75, 3.05) is 11.9 Å². The molecule has 1 aliphatic rings. The Balaban J connectivity index is 1.66. The average molecular weight is 455 g/mol. The molecule has 3 rings (SSSR count). The van der Waals surface area contributed by atoms with E-state index in [0.717, 1.165) is 10.5 Å². The Morgan fingerprint density at radius 3 is 2.03 bits per heavy atom. The molecule has 0 radical (unpaired) electrons. The molecule has 0 fully saturated rings. The van der Waals surface area contributed by atoms with E-state index < -0.39 is 38.7 Å². The third-order valence-electron chi connectivity index (χ3n) is 6.24. The van der Waals surface area contributed by atoms with Gasteiger partial charge in [-0.3, -0.25) is 19.3 Å². The molecule has 170 valence electrons. The first kappa shape index (κ1) is 23.8. The van der Waals surface area contributed by atoms with Gasteiger partial charge in [0.15, 0.2) is 8.32 Å². The van der Waals surface area contributed by atoms with E-state index in [-0.39, 0.29) is 16.2 Å². The number of anilines is 1. The molecule has 3 amide bonds. The van der Waals surface area contributed by atoms with E-state index in [9.17, 15) is 19.5 Å². The first-order chi connectivity index (χ1) is 15.0. The maximum Gasteiger partial charge on any atom is 0.262 e. The van der Waals surface area contributed by atoms with Crippen molar-refractivity contribution in [2.45, 2.75) is 51.6 Å². The zero-order valence-corrected chi connectivity index (χ0v) is 20.1. The summed E-state index contributed by atoms with van der Waals surface area (Å²) in [6.07, 6.45) is 0. The predicted molar refractivity (Wildman–Crippen MR) is 125 cm³/mol. The van der Waals surface area contributed by atoms with E-state index in [1.807, 2.05) is 12.1 Å². The molecular formula is C24H30N2O5Si. The van der Waals surface area contributed by atoms with E-state index in [2.05, 4.69) is 39.2 Å². The van der Waals surface area contributed by atoms with Gasteiger partial charge in [-0.2, -0.15) is 0 Å². The summed E-state index contributed by atoms with van der Waals surface area (Å²) in [5, 5.41) is 12.6. The molecule has 0 aromatic heterocycles. The number of fused-ring (bicyclic) bond motifs is 1. The van der Waals surface area contributed by atoms with Crippen molar-refractivity contribution in [3.05, 3.63) is 65.2 Å². The lowest BCUT2D eigenvalue weighted by Gasteiger charge is -2.36. The van der Waals surface area contributed by atoms with Crippen molar-refractivity contribution in [1.82, 2.24) is 4.90 Å². The third-order valence-corrected chi connectivity index (χ3v) is 10.7. The van der Waals surface area contributed by atoms with Gasteiger partial charge in [-0.25, -0.2) is 0 Å². The summed E-state index contributed by atoms with van der Waals surface area (Å²) in [7, 11) is -1.87. The largest absolute Gasteiger partial charge is 0.413 e. The summed E-state index contributed by atoms with van der Waals surface area (Å²) >= 11 is 0. The zero-order chi connectivity index (χ0) is 23.7. The molecule has 8 heteroatoms. The Hall–Kier alpha value is -2.81. The van der Waals surface area contributed by atoms with E-state index >= 15 is 0 Å². The summed E-state index contributed by atoms with van der Waals surface area (Å²) in [6, 6.07) is 12.2. The van der Waals surface area contributed by atoms with Crippen molar-refractivity contribution in [3.63, 3.8) is 0 Å². The highest BCUT2D eigenvalue weighted by atomic mass is 28.4. The molecule has 0 spiro atoms. The molecule has 0 bridgehead atoms. The number of imide groups is 1. The Morgan fingerprint density at radius 2 is 1.56 bits per heavy atom. The van der Waals surface area contributed by atoms with E-state index in [1.165, 1.54) is 12.1 Å². The van der Waals surface area contributed by atoms with Crippen LogP contribution in [0.5, 0.6) is 0 Å². The number of benzene rings is 2. The Bertz CT molecular complexity index is 992. The van der Waals surface area contributed by atoms with Crippen LogP contribution >= 0.6 is 0 Å². The van der Waals surface area contributed by atoms with Crippen molar-refractivity contribution in [1.29, 1.82) is 0 Å². The molecule has 0 saturated heterocycles. The number of amides is 3. The molecule has 2 N–H and O–H groups in total. The topological polar surface area (TPSA) is 95.9 Å². The number of rotatable bonds is 7. The Labute approximate surface area is 189 Å². The molecule has 0 saturated carbocycles. The highest BCUT2D eigenvalue weighted by Gasteiger charge is 2.42. The Kier molecular flexibility index (Phi) is 6.68. The molecule has 7 nitrogen and oxygen atoms in total. The maximum atomic E-state index is 12.8. The van der Waals surface area contributed by atoms with Gasteiger partial charge in [0, 0.05) is 5.69 Å². The van der Waals surface area contributed by atoms with Crippen LogP contribution in [0.25, 0.3) is 0 Å². The van der Waals surface area contributed by atoms with Crippen molar-refractivity contribution >= 4 is 31.7 Å². The lowest BCUT2D eigenvalue weighted by atomic mass is 10.1. The summed E-state index contributed by atoms with van der Waals surface area (Å²) in [4.78, 5) is 38.9. The summed E-state index contributed by atoms with van der Waals surface area (Å²) in [6.45, 7) is 10.7. The van der Waals surface area contributed by atoms with Gasteiger partial charge < -0.3 is 14.8 Å². The van der Waals surface area contributed by atoms with Gasteiger partial charge in [0.05, 0.1) is 24.3 Å². The highest BCUT2D eigenvalue weighted by molar-refractivity contribution is 6.74. The molecule has 32 heavy (non-hydrogen) atoms. The molecular weight excluding hydrogens is 424 g/mol. The standard InChI is InChI=1S/C24H30N2O5Si/c1-24(2,3)32(4,5)31-15-16-10-12-17(13-11-16)25-21(28)20(14-27)26-22(29)18-8-6-7-9-19(18)23(26)30/h6-13,20,27H,14-15H2,1-5H3,(H,25,28)/t20-/m0/s1. The Morgan fingerprint density at radius 1 is 1.03 bits per heavy atom. The van der Waals surface area contributed by atoms with Crippen LogP contribution in [0.1, 0.15) is 47.1 Å². The van der Waals surface area contributed by atoms with Gasteiger partial charge >= 0.3 is 0 Å². The van der Waals surface area contributed by atoms with Gasteiger partial charge in [-0.1, -0.05) is 45.0 Å². The molecule has 2 aromatic rings. The molecule has 0 aliphatic carbocycles.